The fraction of sp³-hybridized carbons (Fsp3) is 0.357. The smallest absolute Gasteiger partial charge is 0.0346 e. The molecule has 0 amide bonds. The molecule has 0 saturated carbocycles. The highest BCUT2D eigenvalue weighted by atomic mass is 79.9. The number of thioether (sulfide) groups is 1. The highest BCUT2D eigenvalue weighted by molar-refractivity contribution is 9.10. The Hall–Kier alpha value is -0.290. The summed E-state index contributed by atoms with van der Waals surface area (Å²) >= 11 is 5.68. The molecule has 0 atom stereocenters. The fourth-order valence-corrected chi connectivity index (χ4v) is 4.11. The number of nitrogens with zero attached hydrogens (tertiary/aromatic N) is 1. The summed E-state index contributed by atoms with van der Waals surface area (Å²) in [6.45, 7) is 2.29. The first-order chi connectivity index (χ1) is 8.83. The summed E-state index contributed by atoms with van der Waals surface area (Å²) in [5.41, 5.74) is 0. The molecule has 1 aromatic heterocycles. The second-order valence-corrected chi connectivity index (χ2v) is 6.77. The van der Waals surface area contributed by atoms with Gasteiger partial charge in [0.15, 0.2) is 0 Å². The van der Waals surface area contributed by atoms with Crippen LogP contribution >= 0.6 is 40.1 Å². The minimum Gasteiger partial charge on any atom is -0.317 e. The summed E-state index contributed by atoms with van der Waals surface area (Å²) in [5.74, 6) is 0. The van der Waals surface area contributed by atoms with E-state index in [9.17, 15) is 0 Å². The summed E-state index contributed by atoms with van der Waals surface area (Å²) in [5, 5.41) is 6.61. The third kappa shape index (κ3) is 3.63. The van der Waals surface area contributed by atoms with E-state index in [0.29, 0.717) is 0 Å². The van der Waals surface area contributed by atoms with Gasteiger partial charge in [-0.25, -0.2) is 0 Å². The number of pyridine rings is 1. The second kappa shape index (κ2) is 6.93. The predicted molar refractivity (Wildman–Crippen MR) is 88.4 cm³/mol. The zero-order chi connectivity index (χ0) is 12.4. The van der Waals surface area contributed by atoms with Crippen molar-refractivity contribution in [2.75, 3.05) is 13.1 Å². The molecule has 2 heterocycles. The molecule has 0 aliphatic carbocycles. The van der Waals surface area contributed by atoms with Gasteiger partial charge in [-0.2, -0.15) is 0 Å². The van der Waals surface area contributed by atoms with Gasteiger partial charge in [-0.05, 0) is 65.4 Å². The van der Waals surface area contributed by atoms with Crippen molar-refractivity contribution in [1.82, 2.24) is 10.3 Å². The number of aromatic nitrogens is 1. The third-order valence-corrected chi connectivity index (χ3v) is 5.59. The lowest BCUT2D eigenvalue weighted by Crippen LogP contribution is -2.29. The monoisotopic (exact) mass is 358 g/mol. The molecule has 1 saturated heterocycles. The van der Waals surface area contributed by atoms with E-state index in [1.165, 1.54) is 33.0 Å². The van der Waals surface area contributed by atoms with Crippen LogP contribution in [0.3, 0.4) is 0 Å². The first kappa shape index (κ1) is 15.1. The van der Waals surface area contributed by atoms with Gasteiger partial charge in [0.1, 0.15) is 0 Å². The number of nitrogens with one attached hydrogen (secondary N) is 1. The quantitative estimate of drug-likeness (QED) is 0.867. The molecular weight excluding hydrogens is 344 g/mol. The van der Waals surface area contributed by atoms with Crippen LogP contribution in [0.15, 0.2) is 40.0 Å². The van der Waals surface area contributed by atoms with E-state index in [-0.39, 0.29) is 12.4 Å². The van der Waals surface area contributed by atoms with Gasteiger partial charge in [0.05, 0.1) is 0 Å². The van der Waals surface area contributed by atoms with Crippen molar-refractivity contribution >= 4 is 50.9 Å². The minimum atomic E-state index is 0. The van der Waals surface area contributed by atoms with Crippen LogP contribution in [0.2, 0.25) is 0 Å². The molecule has 1 aromatic carbocycles. The van der Waals surface area contributed by atoms with E-state index in [0.717, 1.165) is 18.3 Å². The summed E-state index contributed by atoms with van der Waals surface area (Å²) < 4.78 is 1.19. The van der Waals surface area contributed by atoms with Crippen LogP contribution < -0.4 is 5.32 Å². The number of fused-ring (bicyclic) bond motifs is 1. The van der Waals surface area contributed by atoms with Crippen molar-refractivity contribution in [3.63, 3.8) is 0 Å². The maximum atomic E-state index is 4.16. The predicted octanol–water partition coefficient (Wildman–Crippen LogP) is 4.26. The fourth-order valence-electron chi connectivity index (χ4n) is 2.27. The van der Waals surface area contributed by atoms with E-state index in [4.69, 9.17) is 0 Å². The summed E-state index contributed by atoms with van der Waals surface area (Å²) in [7, 11) is 0. The third-order valence-electron chi connectivity index (χ3n) is 3.27. The Kier molecular flexibility index (Phi) is 5.51. The molecule has 1 fully saturated rings. The topological polar surface area (TPSA) is 24.9 Å². The molecule has 5 heteroatoms. The van der Waals surface area contributed by atoms with Crippen LogP contribution in [0.1, 0.15) is 12.8 Å². The number of halogens is 2. The Balaban J connectivity index is 0.00000133. The molecule has 2 aromatic rings. The van der Waals surface area contributed by atoms with E-state index < -0.39 is 0 Å². The Morgan fingerprint density at radius 2 is 2.00 bits per heavy atom. The molecule has 1 aliphatic rings. The lowest BCUT2D eigenvalue weighted by molar-refractivity contribution is 0.531. The van der Waals surface area contributed by atoms with Crippen molar-refractivity contribution in [1.29, 1.82) is 0 Å². The van der Waals surface area contributed by atoms with Gasteiger partial charge < -0.3 is 5.32 Å². The van der Waals surface area contributed by atoms with E-state index in [1.807, 2.05) is 24.2 Å². The Bertz CT molecular complexity index is 558. The van der Waals surface area contributed by atoms with Crippen LogP contribution in [0.25, 0.3) is 10.8 Å². The van der Waals surface area contributed by atoms with Gasteiger partial charge in [-0.3, -0.25) is 4.98 Å². The molecule has 0 bridgehead atoms. The number of hydrogen-bond donors (Lipinski definition) is 1. The van der Waals surface area contributed by atoms with Crippen molar-refractivity contribution in [3.05, 3.63) is 35.1 Å². The zero-order valence-electron chi connectivity index (χ0n) is 10.4. The molecule has 0 radical (unpaired) electrons. The van der Waals surface area contributed by atoms with Gasteiger partial charge in [0.25, 0.3) is 0 Å². The second-order valence-electron chi connectivity index (χ2n) is 4.57. The first-order valence-corrected chi connectivity index (χ1v) is 7.91. The summed E-state index contributed by atoms with van der Waals surface area (Å²) in [6.07, 6.45) is 6.28. The van der Waals surface area contributed by atoms with Gasteiger partial charge in [0, 0.05) is 32.4 Å². The lowest BCUT2D eigenvalue weighted by atomic mass is 10.2. The zero-order valence-corrected chi connectivity index (χ0v) is 13.7. The van der Waals surface area contributed by atoms with Gasteiger partial charge in [-0.15, -0.1) is 24.2 Å². The Morgan fingerprint density at radius 3 is 2.79 bits per heavy atom. The molecule has 19 heavy (non-hydrogen) atoms. The van der Waals surface area contributed by atoms with E-state index in [1.54, 1.807) is 0 Å². The summed E-state index contributed by atoms with van der Waals surface area (Å²) in [6, 6.07) is 6.52. The Labute approximate surface area is 132 Å². The van der Waals surface area contributed by atoms with Crippen LogP contribution in [0.4, 0.5) is 0 Å². The average molecular weight is 360 g/mol. The maximum Gasteiger partial charge on any atom is 0.0346 e. The number of rotatable bonds is 2. The van der Waals surface area contributed by atoms with Crippen LogP contribution in [-0.2, 0) is 0 Å². The van der Waals surface area contributed by atoms with Crippen molar-refractivity contribution in [2.45, 2.75) is 23.0 Å². The standard InChI is InChI=1S/C14H15BrN2S.ClH/c15-13-7-11-9-17-4-1-10(11)8-14(13)18-12-2-5-16-6-3-12;/h1,4,7-9,12,16H,2-3,5-6H2;1H. The molecule has 0 spiro atoms. The molecule has 102 valence electrons. The van der Waals surface area contributed by atoms with Crippen LogP contribution in [0.5, 0.6) is 0 Å². The molecule has 3 rings (SSSR count). The summed E-state index contributed by atoms with van der Waals surface area (Å²) in [4.78, 5) is 5.51. The largest absolute Gasteiger partial charge is 0.317 e. The average Bonchev–Trinajstić information content (AvgIpc) is 2.41. The minimum absolute atomic E-state index is 0. The van der Waals surface area contributed by atoms with Crippen LogP contribution in [-0.4, -0.2) is 23.3 Å². The van der Waals surface area contributed by atoms with Crippen molar-refractivity contribution in [2.24, 2.45) is 0 Å². The van der Waals surface area contributed by atoms with E-state index in [2.05, 4.69) is 44.4 Å². The number of piperidine rings is 1. The molecular formula is C14H16BrClN2S. The van der Waals surface area contributed by atoms with Gasteiger partial charge in [0.2, 0.25) is 0 Å². The molecule has 1 N–H and O–H groups in total. The highest BCUT2D eigenvalue weighted by Gasteiger charge is 2.15. The molecule has 0 unspecified atom stereocenters. The van der Waals surface area contributed by atoms with Crippen LogP contribution in [0, 0.1) is 0 Å². The first-order valence-electron chi connectivity index (χ1n) is 6.23. The maximum absolute atomic E-state index is 4.16. The van der Waals surface area contributed by atoms with Crippen molar-refractivity contribution < 1.29 is 0 Å². The van der Waals surface area contributed by atoms with Crippen molar-refractivity contribution in [3.8, 4) is 0 Å². The number of benzene rings is 1. The van der Waals surface area contributed by atoms with Gasteiger partial charge >= 0.3 is 0 Å². The molecule has 2 nitrogen and oxygen atoms in total. The normalized spacial score (nSPS) is 16.3. The van der Waals surface area contributed by atoms with E-state index >= 15 is 0 Å². The highest BCUT2D eigenvalue weighted by Crippen LogP contribution is 2.36. The molecule has 1 aliphatic heterocycles. The SMILES string of the molecule is Brc1cc2cnccc2cc1SC1CCNCC1.Cl. The number of hydrogen-bond acceptors (Lipinski definition) is 3. The van der Waals surface area contributed by atoms with Gasteiger partial charge in [-0.1, -0.05) is 0 Å². The lowest BCUT2D eigenvalue weighted by Gasteiger charge is -2.22. The Morgan fingerprint density at radius 1 is 1.21 bits per heavy atom.